The minimum Gasteiger partial charge on any atom is -0.326 e. The van der Waals surface area contributed by atoms with Crippen LogP contribution in [0.3, 0.4) is 0 Å². The second-order valence-corrected chi connectivity index (χ2v) is 6.14. The first-order valence-corrected chi connectivity index (χ1v) is 6.71. The Labute approximate surface area is 102 Å². The highest BCUT2D eigenvalue weighted by atomic mass is 32.1. The van der Waals surface area contributed by atoms with E-state index in [-0.39, 0.29) is 11.5 Å². The lowest BCUT2D eigenvalue weighted by atomic mass is 9.87. The fourth-order valence-electron chi connectivity index (χ4n) is 1.39. The molecule has 0 aromatic carbocycles. The van der Waals surface area contributed by atoms with Gasteiger partial charge in [0.15, 0.2) is 0 Å². The van der Waals surface area contributed by atoms with E-state index in [9.17, 15) is 0 Å². The topological polar surface area (TPSA) is 50.9 Å². The first-order valence-electron chi connectivity index (χ1n) is 5.83. The predicted molar refractivity (Wildman–Crippen MR) is 70.6 cm³/mol. The zero-order valence-corrected chi connectivity index (χ0v) is 11.5. The Bertz CT molecular complexity index is 290. The molecule has 0 radical (unpaired) electrons. The summed E-state index contributed by atoms with van der Waals surface area (Å²) in [6.07, 6.45) is 2.90. The Morgan fingerprint density at radius 1 is 1.50 bits per heavy atom. The SMILES string of the molecule is CCC(NCC(N)C(C)(C)C)c1nccs1. The van der Waals surface area contributed by atoms with Gasteiger partial charge in [0.2, 0.25) is 0 Å². The highest BCUT2D eigenvalue weighted by Gasteiger charge is 2.21. The van der Waals surface area contributed by atoms with Gasteiger partial charge in [0.25, 0.3) is 0 Å². The number of rotatable bonds is 5. The van der Waals surface area contributed by atoms with Crippen LogP contribution < -0.4 is 11.1 Å². The van der Waals surface area contributed by atoms with E-state index in [4.69, 9.17) is 5.73 Å². The highest BCUT2D eigenvalue weighted by molar-refractivity contribution is 7.09. The number of thiazole rings is 1. The van der Waals surface area contributed by atoms with Crippen molar-refractivity contribution in [2.45, 2.75) is 46.2 Å². The molecule has 1 heterocycles. The molecule has 0 aliphatic carbocycles. The van der Waals surface area contributed by atoms with Crippen LogP contribution in [-0.4, -0.2) is 17.6 Å². The Morgan fingerprint density at radius 2 is 2.19 bits per heavy atom. The van der Waals surface area contributed by atoms with Crippen molar-refractivity contribution in [1.82, 2.24) is 10.3 Å². The van der Waals surface area contributed by atoms with Crippen molar-refractivity contribution in [3.63, 3.8) is 0 Å². The van der Waals surface area contributed by atoms with Crippen molar-refractivity contribution in [2.24, 2.45) is 11.1 Å². The Kier molecular flexibility index (Phi) is 4.89. The van der Waals surface area contributed by atoms with E-state index in [2.05, 4.69) is 38.0 Å². The van der Waals surface area contributed by atoms with Crippen LogP contribution in [0.15, 0.2) is 11.6 Å². The molecule has 0 spiro atoms. The summed E-state index contributed by atoms with van der Waals surface area (Å²) in [4.78, 5) is 4.34. The van der Waals surface area contributed by atoms with Crippen LogP contribution in [0, 0.1) is 5.41 Å². The fraction of sp³-hybridized carbons (Fsp3) is 0.750. The standard InChI is InChI=1S/C12H23N3S/c1-5-9(11-14-6-7-16-11)15-8-10(13)12(2,3)4/h6-7,9-10,15H,5,8,13H2,1-4H3. The third-order valence-electron chi connectivity index (χ3n) is 2.85. The molecule has 0 amide bonds. The highest BCUT2D eigenvalue weighted by Crippen LogP contribution is 2.21. The fourth-order valence-corrected chi connectivity index (χ4v) is 2.19. The molecule has 0 saturated heterocycles. The first kappa shape index (κ1) is 13.6. The van der Waals surface area contributed by atoms with E-state index in [0.717, 1.165) is 18.0 Å². The minimum absolute atomic E-state index is 0.147. The molecule has 4 heteroatoms. The van der Waals surface area contributed by atoms with E-state index in [1.165, 1.54) is 0 Å². The molecule has 0 bridgehead atoms. The number of aromatic nitrogens is 1. The summed E-state index contributed by atoms with van der Waals surface area (Å²) < 4.78 is 0. The van der Waals surface area contributed by atoms with Crippen molar-refractivity contribution >= 4 is 11.3 Å². The van der Waals surface area contributed by atoms with Crippen molar-refractivity contribution in [2.75, 3.05) is 6.54 Å². The largest absolute Gasteiger partial charge is 0.326 e. The lowest BCUT2D eigenvalue weighted by Gasteiger charge is -2.28. The van der Waals surface area contributed by atoms with Crippen LogP contribution in [0.25, 0.3) is 0 Å². The maximum Gasteiger partial charge on any atom is 0.109 e. The van der Waals surface area contributed by atoms with Crippen LogP contribution in [0.1, 0.15) is 45.2 Å². The van der Waals surface area contributed by atoms with Gasteiger partial charge in [0.1, 0.15) is 5.01 Å². The van der Waals surface area contributed by atoms with Crippen LogP contribution in [0.5, 0.6) is 0 Å². The van der Waals surface area contributed by atoms with E-state index >= 15 is 0 Å². The minimum atomic E-state index is 0.147. The summed E-state index contributed by atoms with van der Waals surface area (Å²) in [7, 11) is 0. The van der Waals surface area contributed by atoms with Gasteiger partial charge < -0.3 is 11.1 Å². The summed E-state index contributed by atoms with van der Waals surface area (Å²) in [5.41, 5.74) is 6.27. The number of nitrogens with one attached hydrogen (secondary N) is 1. The van der Waals surface area contributed by atoms with Gasteiger partial charge in [0.05, 0.1) is 6.04 Å². The molecule has 1 aromatic heterocycles. The van der Waals surface area contributed by atoms with Gasteiger partial charge in [-0.15, -0.1) is 11.3 Å². The molecule has 16 heavy (non-hydrogen) atoms. The molecular formula is C12H23N3S. The van der Waals surface area contributed by atoms with Crippen molar-refractivity contribution in [3.8, 4) is 0 Å². The average Bonchev–Trinajstić information content (AvgIpc) is 2.70. The van der Waals surface area contributed by atoms with Gasteiger partial charge in [-0.2, -0.15) is 0 Å². The third kappa shape index (κ3) is 3.85. The second-order valence-electron chi connectivity index (χ2n) is 5.21. The van der Waals surface area contributed by atoms with E-state index < -0.39 is 0 Å². The second kappa shape index (κ2) is 5.75. The molecule has 3 nitrogen and oxygen atoms in total. The summed E-state index contributed by atoms with van der Waals surface area (Å²) in [6.45, 7) is 9.51. The van der Waals surface area contributed by atoms with E-state index in [1.807, 2.05) is 11.6 Å². The van der Waals surface area contributed by atoms with Gasteiger partial charge in [-0.1, -0.05) is 27.7 Å². The summed E-state index contributed by atoms with van der Waals surface area (Å²) in [5, 5.41) is 6.67. The van der Waals surface area contributed by atoms with E-state index in [0.29, 0.717) is 6.04 Å². The molecule has 2 atom stereocenters. The Balaban J connectivity index is 2.47. The van der Waals surface area contributed by atoms with Crippen molar-refractivity contribution in [3.05, 3.63) is 16.6 Å². The quantitative estimate of drug-likeness (QED) is 0.833. The molecule has 0 fully saturated rings. The third-order valence-corrected chi connectivity index (χ3v) is 3.74. The lowest BCUT2D eigenvalue weighted by Crippen LogP contribution is -2.44. The zero-order chi connectivity index (χ0) is 12.2. The van der Waals surface area contributed by atoms with Crippen molar-refractivity contribution < 1.29 is 0 Å². The maximum absolute atomic E-state index is 6.13. The smallest absolute Gasteiger partial charge is 0.109 e. The van der Waals surface area contributed by atoms with Crippen molar-refractivity contribution in [1.29, 1.82) is 0 Å². The number of nitrogens with two attached hydrogens (primary N) is 1. The summed E-state index contributed by atoms with van der Waals surface area (Å²) >= 11 is 1.70. The normalized spacial score (nSPS) is 16.1. The Hall–Kier alpha value is -0.450. The first-order chi connectivity index (χ1) is 7.45. The monoisotopic (exact) mass is 241 g/mol. The summed E-state index contributed by atoms with van der Waals surface area (Å²) in [6, 6.07) is 0.509. The summed E-state index contributed by atoms with van der Waals surface area (Å²) in [5.74, 6) is 0. The van der Waals surface area contributed by atoms with Crippen LogP contribution in [0.2, 0.25) is 0 Å². The predicted octanol–water partition coefficient (Wildman–Crippen LogP) is 2.56. The van der Waals surface area contributed by atoms with E-state index in [1.54, 1.807) is 11.3 Å². The Morgan fingerprint density at radius 3 is 2.62 bits per heavy atom. The average molecular weight is 241 g/mol. The van der Waals surface area contributed by atoms with Crippen LogP contribution in [0.4, 0.5) is 0 Å². The molecule has 92 valence electrons. The van der Waals surface area contributed by atoms with Gasteiger partial charge in [-0.3, -0.25) is 0 Å². The maximum atomic E-state index is 6.13. The molecule has 0 aliphatic rings. The van der Waals surface area contributed by atoms with Gasteiger partial charge in [-0.25, -0.2) is 4.98 Å². The zero-order valence-electron chi connectivity index (χ0n) is 10.7. The number of hydrogen-bond acceptors (Lipinski definition) is 4. The molecule has 1 rings (SSSR count). The molecule has 0 saturated carbocycles. The lowest BCUT2D eigenvalue weighted by molar-refractivity contribution is 0.299. The molecule has 3 N–H and O–H groups in total. The molecule has 0 aliphatic heterocycles. The number of hydrogen-bond donors (Lipinski definition) is 2. The molecule has 1 aromatic rings. The van der Waals surface area contributed by atoms with Crippen LogP contribution >= 0.6 is 11.3 Å². The van der Waals surface area contributed by atoms with Gasteiger partial charge >= 0.3 is 0 Å². The van der Waals surface area contributed by atoms with Gasteiger partial charge in [0, 0.05) is 24.2 Å². The molecule has 2 unspecified atom stereocenters. The molecular weight excluding hydrogens is 218 g/mol. The number of nitrogens with zero attached hydrogens (tertiary/aromatic N) is 1. The van der Waals surface area contributed by atoms with Crippen LogP contribution in [-0.2, 0) is 0 Å². The van der Waals surface area contributed by atoms with Gasteiger partial charge in [-0.05, 0) is 11.8 Å².